The minimum Gasteiger partial charge on any atom is -0.366 e. The lowest BCUT2D eigenvalue weighted by Crippen LogP contribution is -2.26. The zero-order valence-corrected chi connectivity index (χ0v) is 9.87. The van der Waals surface area contributed by atoms with Crippen molar-refractivity contribution in [2.45, 2.75) is 45.1 Å². The Bertz CT molecular complexity index is 351. The smallest absolute Gasteiger partial charge is 0.133 e. The molecule has 0 radical (unpaired) electrons. The maximum atomic E-state index is 5.62. The van der Waals surface area contributed by atoms with Gasteiger partial charge in [0.1, 0.15) is 12.1 Å². The first-order valence-corrected chi connectivity index (χ1v) is 6.10. The molecular weight excluding hydrogens is 200 g/mol. The Labute approximate surface area is 96.7 Å². The SMILES string of the molecule is CC(CN)Nc1ncnc2c1CCCCC2. The van der Waals surface area contributed by atoms with E-state index in [1.807, 2.05) is 0 Å². The van der Waals surface area contributed by atoms with Gasteiger partial charge in [-0.05, 0) is 32.6 Å². The van der Waals surface area contributed by atoms with Crippen LogP contribution in [0.1, 0.15) is 37.4 Å². The Balaban J connectivity index is 2.24. The summed E-state index contributed by atoms with van der Waals surface area (Å²) in [4.78, 5) is 8.73. The highest BCUT2D eigenvalue weighted by Crippen LogP contribution is 2.23. The standard InChI is InChI=1S/C12H20N4/c1-9(7-13)16-12-10-5-3-2-4-6-11(10)14-8-15-12/h8-9H,2-7,13H2,1H3,(H,14,15,16). The third-order valence-electron chi connectivity index (χ3n) is 3.11. The molecule has 16 heavy (non-hydrogen) atoms. The molecule has 4 heteroatoms. The summed E-state index contributed by atoms with van der Waals surface area (Å²) in [6.45, 7) is 2.70. The summed E-state index contributed by atoms with van der Waals surface area (Å²) in [5.41, 5.74) is 8.15. The van der Waals surface area contributed by atoms with E-state index in [4.69, 9.17) is 5.73 Å². The van der Waals surface area contributed by atoms with Crippen LogP contribution >= 0.6 is 0 Å². The topological polar surface area (TPSA) is 63.8 Å². The number of aryl methyl sites for hydroxylation is 1. The van der Waals surface area contributed by atoms with Crippen molar-refractivity contribution >= 4 is 5.82 Å². The van der Waals surface area contributed by atoms with Crippen LogP contribution < -0.4 is 11.1 Å². The van der Waals surface area contributed by atoms with E-state index in [9.17, 15) is 0 Å². The summed E-state index contributed by atoms with van der Waals surface area (Å²) in [6, 6.07) is 0.266. The van der Waals surface area contributed by atoms with Crippen LogP contribution in [-0.4, -0.2) is 22.6 Å². The average Bonchev–Trinajstić information content (AvgIpc) is 2.54. The van der Waals surface area contributed by atoms with Gasteiger partial charge in [-0.2, -0.15) is 0 Å². The number of nitrogens with two attached hydrogens (primary N) is 1. The summed E-state index contributed by atoms with van der Waals surface area (Å²) < 4.78 is 0. The zero-order chi connectivity index (χ0) is 11.4. The van der Waals surface area contributed by atoms with Gasteiger partial charge in [-0.15, -0.1) is 0 Å². The molecule has 1 aliphatic rings. The quantitative estimate of drug-likeness (QED) is 0.758. The molecule has 0 bridgehead atoms. The molecule has 4 nitrogen and oxygen atoms in total. The maximum Gasteiger partial charge on any atom is 0.133 e. The fraction of sp³-hybridized carbons (Fsp3) is 0.667. The van der Waals surface area contributed by atoms with Crippen molar-refractivity contribution in [2.24, 2.45) is 5.73 Å². The zero-order valence-electron chi connectivity index (χ0n) is 9.87. The van der Waals surface area contributed by atoms with Gasteiger partial charge in [0, 0.05) is 23.8 Å². The van der Waals surface area contributed by atoms with Gasteiger partial charge in [0.25, 0.3) is 0 Å². The lowest BCUT2D eigenvalue weighted by atomic mass is 10.1. The number of nitrogens with one attached hydrogen (secondary N) is 1. The summed E-state index contributed by atoms with van der Waals surface area (Å²) in [7, 11) is 0. The molecule has 0 aliphatic heterocycles. The Morgan fingerprint density at radius 3 is 2.94 bits per heavy atom. The molecule has 0 saturated carbocycles. The molecule has 1 aliphatic carbocycles. The second kappa shape index (κ2) is 5.25. The molecule has 0 amide bonds. The summed E-state index contributed by atoms with van der Waals surface area (Å²) in [6.07, 6.45) is 7.62. The van der Waals surface area contributed by atoms with E-state index >= 15 is 0 Å². The van der Waals surface area contributed by atoms with E-state index in [1.165, 1.54) is 30.5 Å². The van der Waals surface area contributed by atoms with E-state index < -0.39 is 0 Å². The molecule has 0 aromatic carbocycles. The van der Waals surface area contributed by atoms with Crippen LogP contribution in [0.15, 0.2) is 6.33 Å². The second-order valence-electron chi connectivity index (χ2n) is 4.49. The molecule has 0 spiro atoms. The summed E-state index contributed by atoms with van der Waals surface area (Å²) in [5, 5.41) is 3.37. The van der Waals surface area contributed by atoms with Crippen LogP contribution in [0.2, 0.25) is 0 Å². The van der Waals surface area contributed by atoms with Gasteiger partial charge < -0.3 is 11.1 Å². The van der Waals surface area contributed by atoms with Crippen LogP contribution in [0.3, 0.4) is 0 Å². The van der Waals surface area contributed by atoms with Gasteiger partial charge in [-0.1, -0.05) is 6.42 Å². The minimum absolute atomic E-state index is 0.266. The van der Waals surface area contributed by atoms with Crippen molar-refractivity contribution in [3.05, 3.63) is 17.6 Å². The van der Waals surface area contributed by atoms with Crippen LogP contribution in [0.5, 0.6) is 0 Å². The molecule has 1 atom stereocenters. The van der Waals surface area contributed by atoms with Crippen LogP contribution in [-0.2, 0) is 12.8 Å². The monoisotopic (exact) mass is 220 g/mol. The number of anilines is 1. The van der Waals surface area contributed by atoms with Gasteiger partial charge in [-0.25, -0.2) is 9.97 Å². The van der Waals surface area contributed by atoms with Gasteiger partial charge >= 0.3 is 0 Å². The van der Waals surface area contributed by atoms with Gasteiger partial charge in [-0.3, -0.25) is 0 Å². The molecule has 0 saturated heterocycles. The third kappa shape index (κ3) is 2.50. The lowest BCUT2D eigenvalue weighted by molar-refractivity contribution is 0.708. The number of nitrogens with zero attached hydrogens (tertiary/aromatic N) is 2. The Hall–Kier alpha value is -1.16. The highest BCUT2D eigenvalue weighted by molar-refractivity contribution is 5.47. The van der Waals surface area contributed by atoms with E-state index in [0.717, 1.165) is 18.7 Å². The normalized spacial score (nSPS) is 17.4. The number of hydrogen-bond donors (Lipinski definition) is 2. The number of rotatable bonds is 3. The van der Waals surface area contributed by atoms with Crippen LogP contribution in [0.25, 0.3) is 0 Å². The molecule has 88 valence electrons. The van der Waals surface area contributed by atoms with Crippen molar-refractivity contribution in [1.82, 2.24) is 9.97 Å². The molecule has 3 N–H and O–H groups in total. The predicted molar refractivity (Wildman–Crippen MR) is 65.4 cm³/mol. The largest absolute Gasteiger partial charge is 0.366 e. The Morgan fingerprint density at radius 2 is 2.12 bits per heavy atom. The molecule has 1 unspecified atom stereocenters. The van der Waals surface area contributed by atoms with E-state index in [-0.39, 0.29) is 6.04 Å². The Morgan fingerprint density at radius 1 is 1.31 bits per heavy atom. The van der Waals surface area contributed by atoms with Crippen molar-refractivity contribution < 1.29 is 0 Å². The maximum absolute atomic E-state index is 5.62. The molecular formula is C12H20N4. The molecule has 1 heterocycles. The summed E-state index contributed by atoms with van der Waals surface area (Å²) >= 11 is 0. The molecule has 1 aromatic heterocycles. The fourth-order valence-corrected chi connectivity index (χ4v) is 2.11. The van der Waals surface area contributed by atoms with Gasteiger partial charge in [0.2, 0.25) is 0 Å². The first kappa shape index (κ1) is 11.3. The molecule has 1 aromatic rings. The van der Waals surface area contributed by atoms with Crippen molar-refractivity contribution in [3.63, 3.8) is 0 Å². The fourth-order valence-electron chi connectivity index (χ4n) is 2.11. The van der Waals surface area contributed by atoms with Crippen LogP contribution in [0, 0.1) is 0 Å². The van der Waals surface area contributed by atoms with Crippen LogP contribution in [0.4, 0.5) is 5.82 Å². The predicted octanol–water partition coefficient (Wildman–Crippen LogP) is 1.50. The van der Waals surface area contributed by atoms with E-state index in [0.29, 0.717) is 6.54 Å². The van der Waals surface area contributed by atoms with Crippen molar-refractivity contribution in [2.75, 3.05) is 11.9 Å². The van der Waals surface area contributed by atoms with E-state index in [1.54, 1.807) is 6.33 Å². The van der Waals surface area contributed by atoms with Crippen molar-refractivity contribution in [3.8, 4) is 0 Å². The van der Waals surface area contributed by atoms with Crippen molar-refractivity contribution in [1.29, 1.82) is 0 Å². The van der Waals surface area contributed by atoms with E-state index in [2.05, 4.69) is 22.2 Å². The average molecular weight is 220 g/mol. The second-order valence-corrected chi connectivity index (χ2v) is 4.49. The first-order valence-electron chi connectivity index (χ1n) is 6.10. The third-order valence-corrected chi connectivity index (χ3v) is 3.11. The summed E-state index contributed by atoms with van der Waals surface area (Å²) in [5.74, 6) is 0.991. The first-order chi connectivity index (χ1) is 7.81. The highest BCUT2D eigenvalue weighted by atomic mass is 15.0. The number of fused-ring (bicyclic) bond motifs is 1. The number of hydrogen-bond acceptors (Lipinski definition) is 4. The minimum atomic E-state index is 0.266. The molecule has 2 rings (SSSR count). The highest BCUT2D eigenvalue weighted by Gasteiger charge is 2.14. The lowest BCUT2D eigenvalue weighted by Gasteiger charge is -2.16. The number of aromatic nitrogens is 2. The van der Waals surface area contributed by atoms with Gasteiger partial charge in [0.15, 0.2) is 0 Å². The van der Waals surface area contributed by atoms with Gasteiger partial charge in [0.05, 0.1) is 0 Å². The Kier molecular flexibility index (Phi) is 3.72. The molecule has 0 fully saturated rings.